The molecule has 0 aromatic heterocycles. The molecule has 0 bridgehead atoms. The number of carbonyl (C=O) groups is 1. The van der Waals surface area contributed by atoms with Crippen molar-refractivity contribution < 1.29 is 4.79 Å². The summed E-state index contributed by atoms with van der Waals surface area (Å²) in [6, 6.07) is 10.2. The molecule has 2 rings (SSSR count). The summed E-state index contributed by atoms with van der Waals surface area (Å²) in [6.07, 6.45) is 2.12. The van der Waals surface area contributed by atoms with Crippen LogP contribution in [0.1, 0.15) is 19.8 Å². The van der Waals surface area contributed by atoms with Crippen molar-refractivity contribution in [2.24, 2.45) is 5.92 Å². The smallest absolute Gasteiger partial charge is 0.321 e. The summed E-state index contributed by atoms with van der Waals surface area (Å²) in [6.45, 7) is 3.84. The predicted octanol–water partition coefficient (Wildman–Crippen LogP) is 2.54. The van der Waals surface area contributed by atoms with Gasteiger partial charge in [0.05, 0.1) is 0 Å². The van der Waals surface area contributed by atoms with Gasteiger partial charge < -0.3 is 15.5 Å². The van der Waals surface area contributed by atoms with E-state index in [1.165, 1.54) is 0 Å². The second kappa shape index (κ2) is 6.57. The van der Waals surface area contributed by atoms with Crippen LogP contribution in [0.15, 0.2) is 30.3 Å². The largest absolute Gasteiger partial charge is 0.324 e. The van der Waals surface area contributed by atoms with E-state index in [1.54, 1.807) is 0 Å². The Kier molecular flexibility index (Phi) is 4.80. The van der Waals surface area contributed by atoms with Gasteiger partial charge in [-0.1, -0.05) is 31.5 Å². The summed E-state index contributed by atoms with van der Waals surface area (Å²) >= 11 is 0. The first-order chi connectivity index (χ1) is 9.24. The topological polar surface area (TPSA) is 44.4 Å². The lowest BCUT2D eigenvalue weighted by atomic mass is 9.90. The second-order valence-electron chi connectivity index (χ2n) is 5.09. The Morgan fingerprint density at radius 3 is 2.74 bits per heavy atom. The molecular weight excluding hydrogens is 238 g/mol. The van der Waals surface area contributed by atoms with Gasteiger partial charge in [0.1, 0.15) is 0 Å². The van der Waals surface area contributed by atoms with Crippen LogP contribution in [0, 0.1) is 5.92 Å². The minimum absolute atomic E-state index is 0.0132. The van der Waals surface area contributed by atoms with Crippen molar-refractivity contribution in [3.8, 4) is 0 Å². The zero-order valence-electron chi connectivity index (χ0n) is 11.7. The monoisotopic (exact) mass is 261 g/mol. The Labute approximate surface area is 115 Å². The Balaban J connectivity index is 1.93. The third-order valence-electron chi connectivity index (χ3n) is 3.94. The molecule has 0 spiro atoms. The molecule has 1 aromatic carbocycles. The molecule has 4 nitrogen and oxygen atoms in total. The summed E-state index contributed by atoms with van der Waals surface area (Å²) in [7, 11) is 2.01. The van der Waals surface area contributed by atoms with E-state index < -0.39 is 0 Å². The molecule has 1 aliphatic heterocycles. The van der Waals surface area contributed by atoms with Gasteiger partial charge in [-0.15, -0.1) is 0 Å². The van der Waals surface area contributed by atoms with E-state index in [4.69, 9.17) is 0 Å². The maximum atomic E-state index is 12.2. The molecule has 104 valence electrons. The maximum Gasteiger partial charge on any atom is 0.321 e. The first kappa shape index (κ1) is 13.9. The third-order valence-corrected chi connectivity index (χ3v) is 3.94. The zero-order valence-corrected chi connectivity index (χ0v) is 11.7. The van der Waals surface area contributed by atoms with Gasteiger partial charge in [-0.2, -0.15) is 0 Å². The summed E-state index contributed by atoms with van der Waals surface area (Å²) in [5.41, 5.74) is 0.858. The van der Waals surface area contributed by atoms with Gasteiger partial charge in [0.25, 0.3) is 0 Å². The summed E-state index contributed by atoms with van der Waals surface area (Å²) in [4.78, 5) is 14.1. The Bertz CT molecular complexity index is 407. The lowest BCUT2D eigenvalue weighted by molar-refractivity contribution is 0.154. The highest BCUT2D eigenvalue weighted by atomic mass is 16.2. The first-order valence-electron chi connectivity index (χ1n) is 7.02. The van der Waals surface area contributed by atoms with Gasteiger partial charge in [0.15, 0.2) is 0 Å². The molecule has 2 unspecified atom stereocenters. The lowest BCUT2D eigenvalue weighted by Gasteiger charge is -2.38. The number of carbonyl (C=O) groups excluding carboxylic acids is 1. The summed E-state index contributed by atoms with van der Waals surface area (Å²) in [5.74, 6) is 0.542. The Morgan fingerprint density at radius 1 is 1.37 bits per heavy atom. The van der Waals surface area contributed by atoms with E-state index in [1.807, 2.05) is 42.3 Å². The number of urea groups is 1. The Morgan fingerprint density at radius 2 is 2.11 bits per heavy atom. The molecule has 4 heteroatoms. The van der Waals surface area contributed by atoms with E-state index in [0.29, 0.717) is 12.0 Å². The highest BCUT2D eigenvalue weighted by Crippen LogP contribution is 2.20. The molecular formula is C15H23N3O. The van der Waals surface area contributed by atoms with E-state index in [0.717, 1.165) is 31.6 Å². The molecule has 1 aliphatic rings. The van der Waals surface area contributed by atoms with Crippen LogP contribution in [-0.4, -0.2) is 37.1 Å². The Hall–Kier alpha value is -1.55. The standard InChI is InChI=1S/C15H23N3O/c1-3-12-11-18(10-9-14(12)16-2)15(19)17-13-7-5-4-6-8-13/h4-8,12,14,16H,3,9-11H2,1-2H3,(H,17,19). The molecule has 1 saturated heterocycles. The van der Waals surface area contributed by atoms with Crippen molar-refractivity contribution in [3.05, 3.63) is 30.3 Å². The van der Waals surface area contributed by atoms with Crippen LogP contribution in [0.3, 0.4) is 0 Å². The number of likely N-dealkylation sites (tertiary alicyclic amines) is 1. The van der Waals surface area contributed by atoms with Gasteiger partial charge in [0, 0.05) is 24.8 Å². The van der Waals surface area contributed by atoms with Crippen LogP contribution in [-0.2, 0) is 0 Å². The number of rotatable bonds is 3. The van der Waals surface area contributed by atoms with Crippen molar-refractivity contribution in [2.45, 2.75) is 25.8 Å². The number of nitrogens with zero attached hydrogens (tertiary/aromatic N) is 1. The fourth-order valence-corrected chi connectivity index (χ4v) is 2.73. The first-order valence-corrected chi connectivity index (χ1v) is 7.02. The van der Waals surface area contributed by atoms with Crippen molar-refractivity contribution in [2.75, 3.05) is 25.5 Å². The van der Waals surface area contributed by atoms with Gasteiger partial charge in [-0.25, -0.2) is 4.79 Å². The van der Waals surface area contributed by atoms with Crippen LogP contribution in [0.5, 0.6) is 0 Å². The number of nitrogens with one attached hydrogen (secondary N) is 2. The van der Waals surface area contributed by atoms with Gasteiger partial charge in [0.2, 0.25) is 0 Å². The lowest BCUT2D eigenvalue weighted by Crippen LogP contribution is -2.51. The molecule has 1 heterocycles. The number of para-hydroxylation sites is 1. The van der Waals surface area contributed by atoms with Crippen LogP contribution in [0.25, 0.3) is 0 Å². The fraction of sp³-hybridized carbons (Fsp3) is 0.533. The zero-order chi connectivity index (χ0) is 13.7. The minimum atomic E-state index is 0.0132. The highest BCUT2D eigenvalue weighted by Gasteiger charge is 2.29. The molecule has 0 radical (unpaired) electrons. The van der Waals surface area contributed by atoms with E-state index in [-0.39, 0.29) is 6.03 Å². The number of amides is 2. The molecule has 19 heavy (non-hydrogen) atoms. The number of piperidine rings is 1. The molecule has 1 aromatic rings. The number of benzene rings is 1. The fourth-order valence-electron chi connectivity index (χ4n) is 2.73. The average molecular weight is 261 g/mol. The molecule has 2 atom stereocenters. The third kappa shape index (κ3) is 3.47. The number of hydrogen-bond donors (Lipinski definition) is 2. The van der Waals surface area contributed by atoms with Crippen LogP contribution >= 0.6 is 0 Å². The van der Waals surface area contributed by atoms with E-state index in [2.05, 4.69) is 17.6 Å². The number of anilines is 1. The highest BCUT2D eigenvalue weighted by molar-refractivity contribution is 5.89. The molecule has 0 saturated carbocycles. The molecule has 2 N–H and O–H groups in total. The molecule has 2 amide bonds. The SMILES string of the molecule is CCC1CN(C(=O)Nc2ccccc2)CCC1NC. The molecule has 1 fully saturated rings. The van der Waals surface area contributed by atoms with Crippen LogP contribution in [0.2, 0.25) is 0 Å². The summed E-state index contributed by atoms with van der Waals surface area (Å²) < 4.78 is 0. The quantitative estimate of drug-likeness (QED) is 0.878. The number of hydrogen-bond acceptors (Lipinski definition) is 2. The van der Waals surface area contributed by atoms with Crippen LogP contribution < -0.4 is 10.6 Å². The van der Waals surface area contributed by atoms with Crippen molar-refractivity contribution in [1.82, 2.24) is 10.2 Å². The average Bonchev–Trinajstić information content (AvgIpc) is 2.47. The molecule has 0 aliphatic carbocycles. The maximum absolute atomic E-state index is 12.2. The van der Waals surface area contributed by atoms with E-state index >= 15 is 0 Å². The van der Waals surface area contributed by atoms with Crippen molar-refractivity contribution in [1.29, 1.82) is 0 Å². The van der Waals surface area contributed by atoms with Gasteiger partial charge in [-0.3, -0.25) is 0 Å². The van der Waals surface area contributed by atoms with Gasteiger partial charge in [-0.05, 0) is 31.5 Å². The van der Waals surface area contributed by atoms with Crippen LogP contribution in [0.4, 0.5) is 10.5 Å². The van der Waals surface area contributed by atoms with Gasteiger partial charge >= 0.3 is 6.03 Å². The van der Waals surface area contributed by atoms with E-state index in [9.17, 15) is 4.79 Å². The second-order valence-corrected chi connectivity index (χ2v) is 5.09. The van der Waals surface area contributed by atoms with Crippen molar-refractivity contribution in [3.63, 3.8) is 0 Å². The predicted molar refractivity (Wildman–Crippen MR) is 78.3 cm³/mol. The van der Waals surface area contributed by atoms with Crippen molar-refractivity contribution >= 4 is 11.7 Å². The summed E-state index contributed by atoms with van der Waals surface area (Å²) in [5, 5.41) is 6.31. The minimum Gasteiger partial charge on any atom is -0.324 e. The normalized spacial score (nSPS) is 23.2.